The van der Waals surface area contributed by atoms with E-state index in [0.717, 1.165) is 6.07 Å². The first-order chi connectivity index (χ1) is 9.28. The van der Waals surface area contributed by atoms with Crippen LogP contribution in [-0.2, 0) is 16.0 Å². The van der Waals surface area contributed by atoms with Crippen molar-refractivity contribution in [3.8, 4) is 11.8 Å². The Labute approximate surface area is 113 Å². The summed E-state index contributed by atoms with van der Waals surface area (Å²) in [5.74, 6) is -1.28. The lowest BCUT2D eigenvalue weighted by Crippen LogP contribution is -2.20. The van der Waals surface area contributed by atoms with Crippen LogP contribution in [0.1, 0.15) is 23.6 Å². The fraction of sp³-hybridized carbons (Fsp3) is 0.385. The van der Waals surface area contributed by atoms with Gasteiger partial charge >= 0.3 is 12.3 Å². The molecule has 0 spiro atoms. The first-order valence-corrected chi connectivity index (χ1v) is 5.72. The lowest BCUT2D eigenvalue weighted by Gasteiger charge is -2.15. The van der Waals surface area contributed by atoms with Crippen LogP contribution in [0, 0.1) is 18.3 Å². The van der Waals surface area contributed by atoms with E-state index in [1.807, 2.05) is 0 Å². The van der Waals surface area contributed by atoms with Crippen LogP contribution in [0.4, 0.5) is 13.2 Å². The number of halogens is 3. The van der Waals surface area contributed by atoms with Crippen LogP contribution in [0.3, 0.4) is 0 Å². The molecule has 0 heterocycles. The molecule has 0 amide bonds. The summed E-state index contributed by atoms with van der Waals surface area (Å²) in [6.45, 7) is 3.24. The normalized spacial score (nSPS) is 10.8. The summed E-state index contributed by atoms with van der Waals surface area (Å²) in [6.07, 6.45) is -5.35. The number of ether oxygens (including phenoxy) is 2. The predicted molar refractivity (Wildman–Crippen MR) is 62.9 cm³/mol. The highest BCUT2D eigenvalue weighted by Crippen LogP contribution is 2.30. The number of carbonyl (C=O) groups is 1. The fourth-order valence-corrected chi connectivity index (χ4v) is 1.65. The number of nitrogens with zero attached hydrogens (tertiary/aromatic N) is 1. The van der Waals surface area contributed by atoms with Gasteiger partial charge in [-0.25, -0.2) is 0 Å². The number of esters is 1. The number of benzene rings is 1. The van der Waals surface area contributed by atoms with E-state index in [2.05, 4.69) is 9.47 Å². The number of rotatable bonds is 4. The average molecular weight is 287 g/mol. The topological polar surface area (TPSA) is 59.3 Å². The van der Waals surface area contributed by atoms with E-state index < -0.39 is 24.5 Å². The van der Waals surface area contributed by atoms with Crippen molar-refractivity contribution in [2.75, 3.05) is 6.61 Å². The molecule has 0 aliphatic heterocycles. The van der Waals surface area contributed by atoms with E-state index in [1.165, 1.54) is 6.07 Å². The molecule has 108 valence electrons. The van der Waals surface area contributed by atoms with Crippen molar-refractivity contribution >= 4 is 5.97 Å². The summed E-state index contributed by atoms with van der Waals surface area (Å²) < 4.78 is 45.5. The number of nitriles is 1. The van der Waals surface area contributed by atoms with Crippen LogP contribution < -0.4 is 4.74 Å². The smallest absolute Gasteiger partial charge is 0.466 e. The molecule has 0 N–H and O–H groups in total. The van der Waals surface area contributed by atoms with Crippen LogP contribution >= 0.6 is 0 Å². The Kier molecular flexibility index (Phi) is 4.97. The molecule has 1 rings (SSSR count). The third-order valence-corrected chi connectivity index (χ3v) is 2.44. The van der Waals surface area contributed by atoms with Gasteiger partial charge < -0.3 is 9.47 Å². The largest absolute Gasteiger partial charge is 0.573 e. The second-order valence-corrected chi connectivity index (χ2v) is 3.88. The standard InChI is InChI=1S/C13H12F3NO3/c1-3-19-12(18)6-9-10(7-17)8(2)4-5-11(9)20-13(14,15)16/h4-5H,3,6H2,1-2H3. The van der Waals surface area contributed by atoms with Gasteiger partial charge in [-0.05, 0) is 25.5 Å². The van der Waals surface area contributed by atoms with Gasteiger partial charge in [0, 0.05) is 5.56 Å². The lowest BCUT2D eigenvalue weighted by molar-refractivity contribution is -0.275. The van der Waals surface area contributed by atoms with Crippen molar-refractivity contribution in [3.05, 3.63) is 28.8 Å². The Bertz CT molecular complexity index is 547. The Balaban J connectivity index is 3.24. The van der Waals surface area contributed by atoms with Crippen LogP contribution in [0.2, 0.25) is 0 Å². The molecule has 1 aromatic rings. The quantitative estimate of drug-likeness (QED) is 0.799. The summed E-state index contributed by atoms with van der Waals surface area (Å²) in [5.41, 5.74) is 0.324. The van der Waals surface area contributed by atoms with Crippen LogP contribution in [0.5, 0.6) is 5.75 Å². The molecule has 0 saturated heterocycles. The minimum Gasteiger partial charge on any atom is -0.466 e. The molecule has 4 nitrogen and oxygen atoms in total. The highest BCUT2D eigenvalue weighted by atomic mass is 19.4. The van der Waals surface area contributed by atoms with Gasteiger partial charge in [0.25, 0.3) is 0 Å². The van der Waals surface area contributed by atoms with E-state index in [4.69, 9.17) is 5.26 Å². The van der Waals surface area contributed by atoms with Crippen molar-refractivity contribution in [2.24, 2.45) is 0 Å². The zero-order valence-electron chi connectivity index (χ0n) is 10.9. The molecule has 0 aliphatic rings. The second-order valence-electron chi connectivity index (χ2n) is 3.88. The van der Waals surface area contributed by atoms with Gasteiger partial charge in [-0.15, -0.1) is 13.2 Å². The molecule has 0 aliphatic carbocycles. The summed E-state index contributed by atoms with van der Waals surface area (Å²) in [6, 6.07) is 4.19. The van der Waals surface area contributed by atoms with Crippen LogP contribution in [-0.4, -0.2) is 18.9 Å². The van der Waals surface area contributed by atoms with E-state index in [1.54, 1.807) is 19.9 Å². The number of aryl methyl sites for hydroxylation is 1. The van der Waals surface area contributed by atoms with E-state index in [-0.39, 0.29) is 17.7 Å². The second kappa shape index (κ2) is 6.28. The summed E-state index contributed by atoms with van der Waals surface area (Å²) >= 11 is 0. The average Bonchev–Trinajstić information content (AvgIpc) is 2.32. The van der Waals surface area contributed by atoms with Crippen LogP contribution in [0.15, 0.2) is 12.1 Å². The first-order valence-electron chi connectivity index (χ1n) is 5.72. The molecule has 0 saturated carbocycles. The maximum absolute atomic E-state index is 12.3. The Morgan fingerprint density at radius 2 is 2.05 bits per heavy atom. The molecule has 0 aromatic heterocycles. The molecule has 7 heteroatoms. The molecular formula is C13H12F3NO3. The summed E-state index contributed by atoms with van der Waals surface area (Å²) in [4.78, 5) is 11.4. The van der Waals surface area contributed by atoms with Crippen molar-refractivity contribution in [1.29, 1.82) is 5.26 Å². The van der Waals surface area contributed by atoms with Gasteiger partial charge in [0.1, 0.15) is 5.75 Å². The number of carbonyl (C=O) groups excluding carboxylic acids is 1. The van der Waals surface area contributed by atoms with Gasteiger partial charge in [0.15, 0.2) is 0 Å². The summed E-state index contributed by atoms with van der Waals surface area (Å²) in [7, 11) is 0. The summed E-state index contributed by atoms with van der Waals surface area (Å²) in [5, 5.41) is 9.03. The van der Waals surface area contributed by atoms with E-state index >= 15 is 0 Å². The maximum atomic E-state index is 12.3. The van der Waals surface area contributed by atoms with Gasteiger partial charge in [-0.3, -0.25) is 4.79 Å². The minimum atomic E-state index is -4.90. The zero-order chi connectivity index (χ0) is 15.3. The zero-order valence-corrected chi connectivity index (χ0v) is 10.9. The fourth-order valence-electron chi connectivity index (χ4n) is 1.65. The molecule has 0 bridgehead atoms. The molecule has 0 radical (unpaired) electrons. The number of hydrogen-bond acceptors (Lipinski definition) is 4. The molecular weight excluding hydrogens is 275 g/mol. The van der Waals surface area contributed by atoms with Gasteiger partial charge in [0.2, 0.25) is 0 Å². The third kappa shape index (κ3) is 4.16. The van der Waals surface area contributed by atoms with E-state index in [0.29, 0.717) is 5.56 Å². The third-order valence-electron chi connectivity index (χ3n) is 2.44. The van der Waals surface area contributed by atoms with Gasteiger partial charge in [-0.2, -0.15) is 5.26 Å². The molecule has 0 atom stereocenters. The SMILES string of the molecule is CCOC(=O)Cc1c(OC(F)(F)F)ccc(C)c1C#N. The number of alkyl halides is 3. The van der Waals surface area contributed by atoms with Crippen molar-refractivity contribution < 1.29 is 27.4 Å². The Morgan fingerprint density at radius 1 is 1.40 bits per heavy atom. The highest BCUT2D eigenvalue weighted by molar-refractivity contribution is 5.75. The first kappa shape index (κ1) is 15.8. The molecule has 1 aromatic carbocycles. The number of hydrogen-bond donors (Lipinski definition) is 0. The predicted octanol–water partition coefficient (Wildman–Crippen LogP) is 2.87. The van der Waals surface area contributed by atoms with Crippen LogP contribution in [0.25, 0.3) is 0 Å². The highest BCUT2D eigenvalue weighted by Gasteiger charge is 2.33. The Morgan fingerprint density at radius 3 is 2.55 bits per heavy atom. The maximum Gasteiger partial charge on any atom is 0.573 e. The lowest BCUT2D eigenvalue weighted by atomic mass is 9.99. The van der Waals surface area contributed by atoms with Crippen molar-refractivity contribution in [3.63, 3.8) is 0 Å². The molecule has 20 heavy (non-hydrogen) atoms. The Hall–Kier alpha value is -2.23. The minimum absolute atomic E-state index is 0.0141. The van der Waals surface area contributed by atoms with Crippen molar-refractivity contribution in [1.82, 2.24) is 0 Å². The van der Waals surface area contributed by atoms with E-state index in [9.17, 15) is 18.0 Å². The van der Waals surface area contributed by atoms with Crippen molar-refractivity contribution in [2.45, 2.75) is 26.6 Å². The van der Waals surface area contributed by atoms with Gasteiger partial charge in [-0.1, -0.05) is 6.07 Å². The molecule has 0 unspecified atom stereocenters. The molecule has 0 fully saturated rings. The van der Waals surface area contributed by atoms with Gasteiger partial charge in [0.05, 0.1) is 24.7 Å². The monoisotopic (exact) mass is 287 g/mol.